The molecule has 0 fully saturated rings. The summed E-state index contributed by atoms with van der Waals surface area (Å²) in [7, 11) is 1.41. The van der Waals surface area contributed by atoms with Gasteiger partial charge < -0.3 is 25.4 Å². The van der Waals surface area contributed by atoms with Crippen LogP contribution in [0.5, 0.6) is 0 Å². The van der Waals surface area contributed by atoms with Gasteiger partial charge >= 0.3 is 6.09 Å². The topological polar surface area (TPSA) is 117 Å². The highest BCUT2D eigenvalue weighted by atomic mass is 32.2. The van der Waals surface area contributed by atoms with Crippen molar-refractivity contribution in [1.29, 1.82) is 0 Å². The number of carbonyl (C=O) groups is 3. The molecule has 3 N–H and O–H groups in total. The third-order valence-electron chi connectivity index (χ3n) is 4.79. The summed E-state index contributed by atoms with van der Waals surface area (Å²) in [6, 6.07) is -0.766. The van der Waals surface area contributed by atoms with Crippen LogP contribution in [0.4, 0.5) is 4.79 Å². The van der Waals surface area contributed by atoms with Gasteiger partial charge in [-0.05, 0) is 37.7 Å². The molecule has 0 rings (SSSR count). The van der Waals surface area contributed by atoms with Gasteiger partial charge in [-0.15, -0.1) is 0 Å². The zero-order valence-electron chi connectivity index (χ0n) is 19.4. The highest BCUT2D eigenvalue weighted by Gasteiger charge is 2.36. The van der Waals surface area contributed by atoms with Gasteiger partial charge in [0.15, 0.2) is 6.10 Å². The van der Waals surface area contributed by atoms with Crippen LogP contribution < -0.4 is 10.6 Å². The van der Waals surface area contributed by atoms with Crippen LogP contribution in [0.15, 0.2) is 0 Å². The number of nitrogens with zero attached hydrogens (tertiary/aromatic N) is 1. The summed E-state index contributed by atoms with van der Waals surface area (Å²) < 4.78 is 10.7. The van der Waals surface area contributed by atoms with Gasteiger partial charge in [-0.2, -0.15) is 0 Å². The molecule has 0 saturated carbocycles. The van der Waals surface area contributed by atoms with Crippen molar-refractivity contribution in [3.8, 4) is 0 Å². The molecular weight excluding hydrogens is 410 g/mol. The van der Waals surface area contributed by atoms with E-state index in [0.717, 1.165) is 0 Å². The fourth-order valence-electron chi connectivity index (χ4n) is 2.42. The van der Waals surface area contributed by atoms with Crippen molar-refractivity contribution in [2.75, 3.05) is 19.5 Å². The number of rotatable bonds is 13. The third-order valence-corrected chi connectivity index (χ3v) is 5.30. The van der Waals surface area contributed by atoms with E-state index in [2.05, 4.69) is 10.6 Å². The van der Waals surface area contributed by atoms with Crippen LogP contribution in [-0.4, -0.2) is 71.7 Å². The predicted octanol–water partition coefficient (Wildman–Crippen LogP) is 2.14. The molecule has 10 heteroatoms. The van der Waals surface area contributed by atoms with Gasteiger partial charge in [0.1, 0.15) is 6.73 Å². The first-order valence-electron chi connectivity index (χ1n) is 10.4. The molecular formula is C20H39N3O6S. The van der Waals surface area contributed by atoms with Crippen LogP contribution in [0.2, 0.25) is 0 Å². The van der Waals surface area contributed by atoms with Crippen LogP contribution in [-0.2, 0) is 18.5 Å². The van der Waals surface area contributed by atoms with Gasteiger partial charge in [-0.3, -0.25) is 13.8 Å². The Bertz CT molecular complexity index is 547. The lowest BCUT2D eigenvalue weighted by Crippen LogP contribution is -2.53. The minimum Gasteiger partial charge on any atom is -0.436 e. The fourth-order valence-corrected chi connectivity index (χ4v) is 2.77. The van der Waals surface area contributed by atoms with Crippen molar-refractivity contribution in [3.05, 3.63) is 0 Å². The highest BCUT2D eigenvalue weighted by Crippen LogP contribution is 2.18. The lowest BCUT2D eigenvalue weighted by atomic mass is 10.0. The van der Waals surface area contributed by atoms with E-state index in [0.29, 0.717) is 5.75 Å². The normalized spacial score (nSPS) is 15.3. The van der Waals surface area contributed by atoms with Crippen molar-refractivity contribution < 1.29 is 28.4 Å². The van der Waals surface area contributed by atoms with Crippen LogP contribution in [0.25, 0.3) is 0 Å². The van der Waals surface area contributed by atoms with E-state index in [1.807, 2.05) is 27.7 Å². The summed E-state index contributed by atoms with van der Waals surface area (Å²) in [5.41, 5.74) is 0. The molecule has 0 aromatic carbocycles. The molecule has 4 atom stereocenters. The summed E-state index contributed by atoms with van der Waals surface area (Å²) >= 11 is 1.17. The number of amides is 3. The molecule has 4 unspecified atom stereocenters. The molecule has 3 amide bonds. The lowest BCUT2D eigenvalue weighted by Gasteiger charge is -2.35. The SMILES string of the molecule is CCSOCN(C(=O)C(OC(=O)NC)C(C)C)C(C)C(O)CC(=O)NC(C)C(C)C. The molecule has 30 heavy (non-hydrogen) atoms. The maximum absolute atomic E-state index is 13.1. The Hall–Kier alpha value is -1.52. The number of alkyl carbamates (subject to hydrolysis) is 1. The average molecular weight is 450 g/mol. The van der Waals surface area contributed by atoms with E-state index < -0.39 is 30.3 Å². The third kappa shape index (κ3) is 9.99. The second-order valence-electron chi connectivity index (χ2n) is 7.89. The summed E-state index contributed by atoms with van der Waals surface area (Å²) in [6.45, 7) is 12.8. The Morgan fingerprint density at radius 1 is 1.07 bits per heavy atom. The molecule has 0 aliphatic carbocycles. The number of hydrogen-bond acceptors (Lipinski definition) is 7. The largest absolute Gasteiger partial charge is 0.436 e. The minimum atomic E-state index is -1.11. The molecule has 0 aliphatic rings. The molecule has 0 aromatic rings. The number of aliphatic hydroxyl groups excluding tert-OH is 1. The smallest absolute Gasteiger partial charge is 0.407 e. The molecule has 0 spiro atoms. The van der Waals surface area contributed by atoms with E-state index in [-0.39, 0.29) is 36.9 Å². The molecule has 0 radical (unpaired) electrons. The average Bonchev–Trinajstić information content (AvgIpc) is 2.67. The Kier molecular flexibility index (Phi) is 13.7. The van der Waals surface area contributed by atoms with Crippen LogP contribution >= 0.6 is 12.0 Å². The van der Waals surface area contributed by atoms with Gasteiger partial charge in [-0.25, -0.2) is 4.79 Å². The van der Waals surface area contributed by atoms with Gasteiger partial charge in [0.25, 0.3) is 5.91 Å². The van der Waals surface area contributed by atoms with E-state index in [4.69, 9.17) is 8.92 Å². The monoisotopic (exact) mass is 449 g/mol. The first kappa shape index (κ1) is 28.5. The Morgan fingerprint density at radius 3 is 2.13 bits per heavy atom. The quantitative estimate of drug-likeness (QED) is 0.224. The second kappa shape index (κ2) is 14.5. The van der Waals surface area contributed by atoms with Crippen LogP contribution in [0, 0.1) is 11.8 Å². The predicted molar refractivity (Wildman–Crippen MR) is 118 cm³/mol. The van der Waals surface area contributed by atoms with E-state index in [9.17, 15) is 19.5 Å². The summed E-state index contributed by atoms with van der Waals surface area (Å²) in [6.07, 6.45) is -3.05. The molecule has 0 saturated heterocycles. The van der Waals surface area contributed by atoms with Crippen molar-refractivity contribution in [2.45, 2.75) is 79.2 Å². The fraction of sp³-hybridized carbons (Fsp3) is 0.850. The number of carbonyl (C=O) groups excluding carboxylic acids is 3. The van der Waals surface area contributed by atoms with Crippen molar-refractivity contribution in [1.82, 2.24) is 15.5 Å². The van der Waals surface area contributed by atoms with Gasteiger partial charge in [0.2, 0.25) is 5.91 Å². The highest BCUT2D eigenvalue weighted by molar-refractivity contribution is 7.94. The van der Waals surface area contributed by atoms with Crippen molar-refractivity contribution >= 4 is 30.0 Å². The standard InChI is InChI=1S/C20H39N3O6S/c1-9-30-28-11-23(19(26)18(13(4)5)29-20(27)21-8)15(7)16(24)10-17(25)22-14(6)12(2)3/h12-16,18,24H,9-11H2,1-8H3,(H,21,27)(H,22,25). The Morgan fingerprint density at radius 2 is 1.67 bits per heavy atom. The summed E-state index contributed by atoms with van der Waals surface area (Å²) in [4.78, 5) is 38.4. The maximum Gasteiger partial charge on any atom is 0.407 e. The summed E-state index contributed by atoms with van der Waals surface area (Å²) in [5.74, 6) is -0.149. The van der Waals surface area contributed by atoms with E-state index in [1.165, 1.54) is 24.0 Å². The molecule has 9 nitrogen and oxygen atoms in total. The molecule has 0 bridgehead atoms. The Balaban J connectivity index is 5.37. The molecule has 176 valence electrons. The zero-order valence-corrected chi connectivity index (χ0v) is 20.2. The lowest BCUT2D eigenvalue weighted by molar-refractivity contribution is -0.151. The molecule has 0 aliphatic heterocycles. The van der Waals surface area contributed by atoms with Crippen LogP contribution in [0.1, 0.15) is 54.9 Å². The first-order chi connectivity index (χ1) is 14.0. The Labute approximate surface area is 184 Å². The minimum absolute atomic E-state index is 0.0340. The van der Waals surface area contributed by atoms with Gasteiger partial charge in [0.05, 0.1) is 18.6 Å². The first-order valence-corrected chi connectivity index (χ1v) is 11.3. The van der Waals surface area contributed by atoms with Gasteiger partial charge in [0, 0.05) is 18.8 Å². The number of hydrogen-bond donors (Lipinski definition) is 3. The molecule has 0 aromatic heterocycles. The second-order valence-corrected chi connectivity index (χ2v) is 8.94. The van der Waals surface area contributed by atoms with E-state index in [1.54, 1.807) is 20.8 Å². The van der Waals surface area contributed by atoms with Crippen molar-refractivity contribution in [2.24, 2.45) is 11.8 Å². The van der Waals surface area contributed by atoms with E-state index >= 15 is 0 Å². The van der Waals surface area contributed by atoms with Gasteiger partial charge in [-0.1, -0.05) is 34.6 Å². The van der Waals surface area contributed by atoms with Crippen LogP contribution in [0.3, 0.4) is 0 Å². The van der Waals surface area contributed by atoms with Crippen molar-refractivity contribution in [3.63, 3.8) is 0 Å². The summed E-state index contributed by atoms with van der Waals surface area (Å²) in [5, 5.41) is 15.8. The number of aliphatic hydroxyl groups is 1. The number of ether oxygens (including phenoxy) is 1. The maximum atomic E-state index is 13.1. The number of nitrogens with one attached hydrogen (secondary N) is 2. The zero-order chi connectivity index (χ0) is 23.4. The molecule has 0 heterocycles.